The van der Waals surface area contributed by atoms with Crippen molar-refractivity contribution in [3.63, 3.8) is 0 Å². The summed E-state index contributed by atoms with van der Waals surface area (Å²) in [5, 5.41) is 11.2. The van der Waals surface area contributed by atoms with Gasteiger partial charge in [-0.2, -0.15) is 0 Å². The molecule has 0 aromatic carbocycles. The first-order valence-electron chi connectivity index (χ1n) is 5.25. The number of hydrogen-bond acceptors (Lipinski definition) is 3. The Kier molecular flexibility index (Phi) is 4.28. The average Bonchev–Trinajstić information content (AvgIpc) is 2.16. The first-order chi connectivity index (χ1) is 7.49. The third kappa shape index (κ3) is 3.88. The Morgan fingerprint density at radius 2 is 2.19 bits per heavy atom. The monoisotopic (exact) mass is 228 g/mol. The van der Waals surface area contributed by atoms with Gasteiger partial charge in [0.1, 0.15) is 0 Å². The first kappa shape index (κ1) is 12.5. The zero-order valence-electron chi connectivity index (χ0n) is 9.23. The van der Waals surface area contributed by atoms with Gasteiger partial charge in [0, 0.05) is 25.9 Å². The van der Waals surface area contributed by atoms with Crippen LogP contribution in [-0.4, -0.2) is 47.4 Å². The van der Waals surface area contributed by atoms with Crippen LogP contribution in [-0.2, 0) is 14.4 Å². The van der Waals surface area contributed by atoms with Crippen molar-refractivity contribution in [3.05, 3.63) is 0 Å². The van der Waals surface area contributed by atoms with E-state index >= 15 is 0 Å². The van der Waals surface area contributed by atoms with Crippen LogP contribution in [0, 0.1) is 5.92 Å². The number of amides is 2. The van der Waals surface area contributed by atoms with Gasteiger partial charge in [-0.15, -0.1) is 0 Å². The lowest BCUT2D eigenvalue weighted by Crippen LogP contribution is -2.50. The summed E-state index contributed by atoms with van der Waals surface area (Å²) in [6, 6.07) is 0. The summed E-state index contributed by atoms with van der Waals surface area (Å²) in [7, 11) is 0. The summed E-state index contributed by atoms with van der Waals surface area (Å²) >= 11 is 0. The van der Waals surface area contributed by atoms with Crippen LogP contribution in [0.1, 0.15) is 19.8 Å². The SMILES string of the molecule is CC(CC(=O)O)CC(=O)N1CCNC(=O)C1. The smallest absolute Gasteiger partial charge is 0.303 e. The third-order valence-corrected chi connectivity index (χ3v) is 2.44. The van der Waals surface area contributed by atoms with E-state index in [0.717, 1.165) is 0 Å². The van der Waals surface area contributed by atoms with Gasteiger partial charge in [0.25, 0.3) is 0 Å². The Labute approximate surface area is 93.6 Å². The average molecular weight is 228 g/mol. The van der Waals surface area contributed by atoms with Crippen molar-refractivity contribution in [2.24, 2.45) is 5.92 Å². The van der Waals surface area contributed by atoms with Gasteiger partial charge in [0.05, 0.1) is 6.54 Å². The predicted octanol–water partition coefficient (Wildman–Crippen LogP) is -0.554. The van der Waals surface area contributed by atoms with E-state index in [1.54, 1.807) is 6.92 Å². The van der Waals surface area contributed by atoms with Gasteiger partial charge < -0.3 is 15.3 Å². The molecule has 1 fully saturated rings. The number of carboxylic acids is 1. The standard InChI is InChI=1S/C10H16N2O4/c1-7(5-10(15)16)4-9(14)12-3-2-11-8(13)6-12/h7H,2-6H2,1H3,(H,11,13)(H,15,16). The minimum Gasteiger partial charge on any atom is -0.481 e. The number of rotatable bonds is 4. The molecule has 1 heterocycles. The molecule has 2 amide bonds. The predicted molar refractivity (Wildman–Crippen MR) is 55.6 cm³/mol. The fraction of sp³-hybridized carbons (Fsp3) is 0.700. The van der Waals surface area contributed by atoms with Crippen molar-refractivity contribution in [1.82, 2.24) is 10.2 Å². The number of carboxylic acid groups (broad SMARTS) is 1. The zero-order valence-corrected chi connectivity index (χ0v) is 9.23. The number of nitrogens with zero attached hydrogens (tertiary/aromatic N) is 1. The molecule has 0 aromatic rings. The summed E-state index contributed by atoms with van der Waals surface area (Å²) in [4.78, 5) is 34.6. The molecule has 0 aromatic heterocycles. The van der Waals surface area contributed by atoms with E-state index in [0.29, 0.717) is 13.1 Å². The van der Waals surface area contributed by atoms with E-state index in [4.69, 9.17) is 5.11 Å². The largest absolute Gasteiger partial charge is 0.481 e. The number of piperazine rings is 1. The minimum atomic E-state index is -0.906. The zero-order chi connectivity index (χ0) is 12.1. The number of aliphatic carboxylic acids is 1. The molecule has 16 heavy (non-hydrogen) atoms. The molecule has 2 N–H and O–H groups in total. The molecule has 1 rings (SSSR count). The second-order valence-corrected chi connectivity index (χ2v) is 4.07. The highest BCUT2D eigenvalue weighted by molar-refractivity contribution is 5.86. The number of hydrogen-bond donors (Lipinski definition) is 2. The van der Waals surface area contributed by atoms with Gasteiger partial charge in [-0.05, 0) is 5.92 Å². The van der Waals surface area contributed by atoms with E-state index in [1.165, 1.54) is 4.90 Å². The Morgan fingerprint density at radius 1 is 1.50 bits per heavy atom. The fourth-order valence-corrected chi connectivity index (χ4v) is 1.65. The summed E-state index contributed by atoms with van der Waals surface area (Å²) in [5.74, 6) is -1.42. The molecular weight excluding hydrogens is 212 g/mol. The number of carbonyl (C=O) groups excluding carboxylic acids is 2. The molecular formula is C10H16N2O4. The van der Waals surface area contributed by atoms with E-state index in [-0.39, 0.29) is 37.1 Å². The van der Waals surface area contributed by atoms with Gasteiger partial charge in [-0.3, -0.25) is 14.4 Å². The summed E-state index contributed by atoms with van der Waals surface area (Å²) in [5.41, 5.74) is 0. The van der Waals surface area contributed by atoms with Gasteiger partial charge >= 0.3 is 5.97 Å². The maximum atomic E-state index is 11.7. The molecule has 1 unspecified atom stereocenters. The highest BCUT2D eigenvalue weighted by Crippen LogP contribution is 2.10. The molecule has 1 aliphatic rings. The van der Waals surface area contributed by atoms with Crippen molar-refractivity contribution in [2.45, 2.75) is 19.8 Å². The maximum Gasteiger partial charge on any atom is 0.303 e. The fourth-order valence-electron chi connectivity index (χ4n) is 1.65. The van der Waals surface area contributed by atoms with Crippen molar-refractivity contribution in [2.75, 3.05) is 19.6 Å². The second-order valence-electron chi connectivity index (χ2n) is 4.07. The van der Waals surface area contributed by atoms with Crippen LogP contribution in [0.3, 0.4) is 0 Å². The molecule has 0 aliphatic carbocycles. The van der Waals surface area contributed by atoms with Crippen molar-refractivity contribution < 1.29 is 19.5 Å². The van der Waals surface area contributed by atoms with Crippen LogP contribution >= 0.6 is 0 Å². The van der Waals surface area contributed by atoms with E-state index in [1.807, 2.05) is 0 Å². The lowest BCUT2D eigenvalue weighted by molar-refractivity contribution is -0.140. The molecule has 1 aliphatic heterocycles. The van der Waals surface area contributed by atoms with Crippen LogP contribution in [0.4, 0.5) is 0 Å². The molecule has 6 heteroatoms. The van der Waals surface area contributed by atoms with Crippen LogP contribution in [0.5, 0.6) is 0 Å². The van der Waals surface area contributed by atoms with Crippen molar-refractivity contribution in [1.29, 1.82) is 0 Å². The summed E-state index contributed by atoms with van der Waals surface area (Å²) in [6.45, 7) is 2.77. The molecule has 1 saturated heterocycles. The van der Waals surface area contributed by atoms with Crippen LogP contribution in [0.25, 0.3) is 0 Å². The topological polar surface area (TPSA) is 86.7 Å². The van der Waals surface area contributed by atoms with Gasteiger partial charge in [0.15, 0.2) is 0 Å². The third-order valence-electron chi connectivity index (χ3n) is 2.44. The van der Waals surface area contributed by atoms with E-state index in [9.17, 15) is 14.4 Å². The maximum absolute atomic E-state index is 11.7. The van der Waals surface area contributed by atoms with Crippen LogP contribution in [0.15, 0.2) is 0 Å². The van der Waals surface area contributed by atoms with Crippen molar-refractivity contribution in [3.8, 4) is 0 Å². The molecule has 1 atom stereocenters. The van der Waals surface area contributed by atoms with Crippen molar-refractivity contribution >= 4 is 17.8 Å². The minimum absolute atomic E-state index is 0.0220. The lowest BCUT2D eigenvalue weighted by atomic mass is 10.0. The summed E-state index contributed by atoms with van der Waals surface area (Å²) in [6.07, 6.45) is 0.158. The Balaban J connectivity index is 2.39. The quantitative estimate of drug-likeness (QED) is 0.675. The molecule has 0 radical (unpaired) electrons. The first-order valence-corrected chi connectivity index (χ1v) is 5.25. The Morgan fingerprint density at radius 3 is 2.75 bits per heavy atom. The number of nitrogens with one attached hydrogen (secondary N) is 1. The molecule has 0 saturated carbocycles. The van der Waals surface area contributed by atoms with Crippen LogP contribution in [0.2, 0.25) is 0 Å². The Hall–Kier alpha value is -1.59. The Bertz CT molecular complexity index is 303. The molecule has 0 spiro atoms. The number of carbonyl (C=O) groups is 3. The lowest BCUT2D eigenvalue weighted by Gasteiger charge is -2.27. The normalized spacial score (nSPS) is 17.8. The molecule has 0 bridgehead atoms. The molecule has 90 valence electrons. The van der Waals surface area contributed by atoms with Gasteiger partial charge in [0.2, 0.25) is 11.8 Å². The van der Waals surface area contributed by atoms with Crippen LogP contribution < -0.4 is 5.32 Å². The summed E-state index contributed by atoms with van der Waals surface area (Å²) < 4.78 is 0. The van der Waals surface area contributed by atoms with E-state index in [2.05, 4.69) is 5.32 Å². The second kappa shape index (κ2) is 5.48. The highest BCUT2D eigenvalue weighted by atomic mass is 16.4. The van der Waals surface area contributed by atoms with Gasteiger partial charge in [-0.25, -0.2) is 0 Å². The van der Waals surface area contributed by atoms with E-state index < -0.39 is 5.97 Å². The molecule has 6 nitrogen and oxygen atoms in total. The highest BCUT2D eigenvalue weighted by Gasteiger charge is 2.22. The van der Waals surface area contributed by atoms with Gasteiger partial charge in [-0.1, -0.05) is 6.92 Å².